The largest absolute Gasteiger partial charge is 0.490 e. The number of rotatable bonds is 2. The molecule has 1 aromatic carbocycles. The summed E-state index contributed by atoms with van der Waals surface area (Å²) in [6.45, 7) is 0. The van der Waals surface area contributed by atoms with E-state index in [2.05, 4.69) is 4.98 Å². The lowest BCUT2D eigenvalue weighted by molar-refractivity contribution is 0.0659. The van der Waals surface area contributed by atoms with Crippen molar-refractivity contribution in [2.45, 2.75) is 0 Å². The van der Waals surface area contributed by atoms with Gasteiger partial charge in [-0.15, -0.1) is 0 Å². The maximum atomic E-state index is 12.9. The second kappa shape index (κ2) is 3.65. The maximum absolute atomic E-state index is 12.9. The van der Waals surface area contributed by atoms with Crippen LogP contribution >= 0.6 is 0 Å². The topological polar surface area (TPSA) is 83.6 Å². The van der Waals surface area contributed by atoms with Gasteiger partial charge in [-0.1, -0.05) is 6.07 Å². The fourth-order valence-electron chi connectivity index (χ4n) is 1.20. The molecular weight excluding hydrogens is 217 g/mol. The predicted octanol–water partition coefficient (Wildman–Crippen LogP) is 1.88. The third-order valence-corrected chi connectivity index (χ3v) is 1.88. The average Bonchev–Trinajstić information content (AvgIpc) is 2.60. The molecule has 16 heavy (non-hydrogen) atoms. The summed E-state index contributed by atoms with van der Waals surface area (Å²) in [4.78, 5) is 14.1. The summed E-state index contributed by atoms with van der Waals surface area (Å²) in [5, 5.41) is 17.8. The van der Waals surface area contributed by atoms with Gasteiger partial charge in [0.2, 0.25) is 5.89 Å². The number of carbonyl (C=O) groups is 1. The van der Waals surface area contributed by atoms with Crippen LogP contribution in [0.3, 0.4) is 0 Å². The van der Waals surface area contributed by atoms with Crippen molar-refractivity contribution in [1.82, 2.24) is 4.98 Å². The monoisotopic (exact) mass is 223 g/mol. The van der Waals surface area contributed by atoms with Gasteiger partial charge < -0.3 is 14.6 Å². The van der Waals surface area contributed by atoms with E-state index in [0.717, 1.165) is 6.07 Å². The maximum Gasteiger partial charge on any atom is 0.377 e. The molecule has 2 N–H and O–H groups in total. The van der Waals surface area contributed by atoms with Crippen molar-refractivity contribution in [2.24, 2.45) is 0 Å². The van der Waals surface area contributed by atoms with Crippen LogP contribution < -0.4 is 0 Å². The molecule has 0 bridgehead atoms. The first-order valence-electron chi connectivity index (χ1n) is 4.27. The second-order valence-electron chi connectivity index (χ2n) is 2.99. The predicted molar refractivity (Wildman–Crippen MR) is 50.5 cm³/mol. The van der Waals surface area contributed by atoms with Crippen LogP contribution in [0.5, 0.6) is 5.88 Å². The van der Waals surface area contributed by atoms with Gasteiger partial charge in [0.25, 0.3) is 11.6 Å². The van der Waals surface area contributed by atoms with E-state index in [1.165, 1.54) is 18.2 Å². The summed E-state index contributed by atoms with van der Waals surface area (Å²) < 4.78 is 17.7. The number of oxazole rings is 1. The minimum Gasteiger partial charge on any atom is -0.490 e. The molecule has 0 amide bonds. The number of benzene rings is 1. The minimum atomic E-state index is -1.44. The lowest BCUT2D eigenvalue weighted by Gasteiger charge is -1.93. The number of hydrogen-bond acceptors (Lipinski definition) is 4. The van der Waals surface area contributed by atoms with E-state index in [0.29, 0.717) is 0 Å². The fraction of sp³-hybridized carbons (Fsp3) is 0. The van der Waals surface area contributed by atoms with Crippen molar-refractivity contribution in [3.05, 3.63) is 35.8 Å². The highest BCUT2D eigenvalue weighted by Crippen LogP contribution is 2.25. The molecule has 1 aromatic heterocycles. The molecule has 0 saturated carbocycles. The van der Waals surface area contributed by atoms with Crippen LogP contribution in [-0.2, 0) is 0 Å². The summed E-state index contributed by atoms with van der Waals surface area (Å²) in [6.07, 6.45) is 0. The number of carboxylic acids is 1. The van der Waals surface area contributed by atoms with Gasteiger partial charge in [-0.05, 0) is 18.2 Å². The summed E-state index contributed by atoms with van der Waals surface area (Å²) in [5.74, 6) is -3.49. The molecule has 0 unspecified atom stereocenters. The Labute approximate surface area is 88.8 Å². The van der Waals surface area contributed by atoms with Gasteiger partial charge in [0.05, 0.1) is 0 Å². The summed E-state index contributed by atoms with van der Waals surface area (Å²) in [5.41, 5.74) is 0.253. The Morgan fingerprint density at radius 1 is 1.44 bits per heavy atom. The van der Waals surface area contributed by atoms with Crippen molar-refractivity contribution in [2.75, 3.05) is 0 Å². The molecule has 0 saturated heterocycles. The third-order valence-electron chi connectivity index (χ3n) is 1.88. The van der Waals surface area contributed by atoms with Crippen LogP contribution in [-0.4, -0.2) is 21.2 Å². The Bertz CT molecular complexity index is 550. The van der Waals surface area contributed by atoms with E-state index in [1.54, 1.807) is 0 Å². The second-order valence-corrected chi connectivity index (χ2v) is 2.99. The van der Waals surface area contributed by atoms with Crippen LogP contribution in [0.2, 0.25) is 0 Å². The summed E-state index contributed by atoms with van der Waals surface area (Å²) in [7, 11) is 0. The summed E-state index contributed by atoms with van der Waals surface area (Å²) >= 11 is 0. The molecule has 0 aliphatic rings. The van der Waals surface area contributed by atoms with Crippen molar-refractivity contribution in [3.63, 3.8) is 0 Å². The average molecular weight is 223 g/mol. The van der Waals surface area contributed by atoms with Gasteiger partial charge in [-0.2, -0.15) is 4.98 Å². The van der Waals surface area contributed by atoms with E-state index in [1.807, 2.05) is 0 Å². The van der Waals surface area contributed by atoms with E-state index in [9.17, 15) is 9.18 Å². The Balaban J connectivity index is 2.49. The molecule has 1 heterocycles. The highest BCUT2D eigenvalue weighted by Gasteiger charge is 2.19. The Hall–Kier alpha value is -2.37. The summed E-state index contributed by atoms with van der Waals surface area (Å²) in [6, 6.07) is 5.26. The SMILES string of the molecule is O=C(O)c1oc(-c2cccc(F)c2)nc1O. The van der Waals surface area contributed by atoms with Gasteiger partial charge in [-0.25, -0.2) is 9.18 Å². The Morgan fingerprint density at radius 3 is 2.75 bits per heavy atom. The lowest BCUT2D eigenvalue weighted by Crippen LogP contribution is -1.92. The molecule has 5 nitrogen and oxygen atoms in total. The molecule has 0 aliphatic heterocycles. The normalized spacial score (nSPS) is 10.3. The van der Waals surface area contributed by atoms with E-state index in [-0.39, 0.29) is 11.5 Å². The number of aromatic carboxylic acids is 1. The highest BCUT2D eigenvalue weighted by molar-refractivity contribution is 5.87. The Kier molecular flexibility index (Phi) is 2.32. The first-order valence-corrected chi connectivity index (χ1v) is 4.27. The van der Waals surface area contributed by atoms with E-state index >= 15 is 0 Å². The molecule has 6 heteroatoms. The number of nitrogens with zero attached hydrogens (tertiary/aromatic N) is 1. The van der Waals surface area contributed by atoms with Crippen LogP contribution in [0, 0.1) is 5.82 Å². The number of carboxylic acid groups (broad SMARTS) is 1. The van der Waals surface area contributed by atoms with Gasteiger partial charge in [0, 0.05) is 5.56 Å². The highest BCUT2D eigenvalue weighted by atomic mass is 19.1. The third kappa shape index (κ3) is 1.72. The van der Waals surface area contributed by atoms with Gasteiger partial charge in [-0.3, -0.25) is 0 Å². The van der Waals surface area contributed by atoms with Crippen molar-refractivity contribution >= 4 is 5.97 Å². The van der Waals surface area contributed by atoms with Crippen molar-refractivity contribution in [3.8, 4) is 17.3 Å². The zero-order valence-corrected chi connectivity index (χ0v) is 7.85. The number of aromatic hydroxyl groups is 1. The van der Waals surface area contributed by atoms with Gasteiger partial charge in [0.15, 0.2) is 0 Å². The zero-order chi connectivity index (χ0) is 11.7. The number of halogens is 1. The van der Waals surface area contributed by atoms with Gasteiger partial charge >= 0.3 is 5.97 Å². The van der Waals surface area contributed by atoms with Crippen LogP contribution in [0.4, 0.5) is 4.39 Å². The molecule has 2 aromatic rings. The molecule has 0 fully saturated rings. The molecule has 2 rings (SSSR count). The molecule has 0 radical (unpaired) electrons. The first-order chi connectivity index (χ1) is 7.58. The van der Waals surface area contributed by atoms with E-state index in [4.69, 9.17) is 14.6 Å². The first kappa shape index (κ1) is 10.2. The molecule has 0 atom stereocenters. The lowest BCUT2D eigenvalue weighted by atomic mass is 10.2. The quantitative estimate of drug-likeness (QED) is 0.812. The van der Waals surface area contributed by atoms with Crippen LogP contribution in [0.15, 0.2) is 28.7 Å². The molecule has 0 spiro atoms. The molecule has 0 aliphatic carbocycles. The zero-order valence-electron chi connectivity index (χ0n) is 7.85. The number of aromatic nitrogens is 1. The van der Waals surface area contributed by atoms with Crippen molar-refractivity contribution < 1.29 is 23.8 Å². The minimum absolute atomic E-state index is 0.144. The Morgan fingerprint density at radius 2 is 2.19 bits per heavy atom. The fourth-order valence-corrected chi connectivity index (χ4v) is 1.20. The molecular formula is C10H6FNO4. The smallest absolute Gasteiger partial charge is 0.377 e. The van der Waals surface area contributed by atoms with Crippen LogP contribution in [0.1, 0.15) is 10.6 Å². The van der Waals surface area contributed by atoms with Crippen molar-refractivity contribution in [1.29, 1.82) is 0 Å². The number of hydrogen-bond donors (Lipinski definition) is 2. The van der Waals surface area contributed by atoms with Crippen LogP contribution in [0.25, 0.3) is 11.5 Å². The standard InChI is InChI=1S/C10H6FNO4/c11-6-3-1-2-5(4-6)9-12-8(13)7(16-9)10(14)15/h1-4,13H,(H,14,15). The van der Waals surface area contributed by atoms with E-state index < -0.39 is 23.4 Å². The molecule has 82 valence electrons. The van der Waals surface area contributed by atoms with Gasteiger partial charge in [0.1, 0.15) is 5.82 Å².